The molecule has 1 atom stereocenters. The Morgan fingerprint density at radius 2 is 1.90 bits per heavy atom. The predicted octanol–water partition coefficient (Wildman–Crippen LogP) is 3.47. The number of methoxy groups -OCH3 is 1. The Kier molecular flexibility index (Phi) is 4.98. The molecule has 3 nitrogen and oxygen atoms in total. The Balaban J connectivity index is 2.23. The van der Waals surface area contributed by atoms with E-state index >= 15 is 0 Å². The maximum absolute atomic E-state index is 13.7. The van der Waals surface area contributed by atoms with E-state index < -0.39 is 17.7 Å². The molecular weight excluding hydrogens is 291 g/mol. The van der Waals surface area contributed by atoms with Crippen molar-refractivity contribution in [3.8, 4) is 5.75 Å². The zero-order chi connectivity index (χ0) is 15.4. The van der Waals surface area contributed by atoms with Crippen LogP contribution in [0, 0.1) is 5.82 Å². The molecule has 0 saturated carbocycles. The average molecular weight is 306 g/mol. The van der Waals surface area contributed by atoms with Crippen molar-refractivity contribution in [1.82, 2.24) is 0 Å². The minimum atomic E-state index is -1.39. The summed E-state index contributed by atoms with van der Waals surface area (Å²) in [6.45, 7) is 0. The molecule has 0 saturated heterocycles. The monoisotopic (exact) mass is 306 g/mol. The Bertz CT molecular complexity index is 640. The second-order valence-electron chi connectivity index (χ2n) is 4.39. The van der Waals surface area contributed by atoms with Crippen molar-refractivity contribution >= 4 is 17.5 Å². The molecular formula is C16H15FO3S. The first-order chi connectivity index (χ1) is 10.1. The number of carbonyl (C=O) groups is 1. The zero-order valence-electron chi connectivity index (χ0n) is 11.7. The average Bonchev–Trinajstić information content (AvgIpc) is 2.53. The highest BCUT2D eigenvalue weighted by molar-refractivity contribution is 7.98. The van der Waals surface area contributed by atoms with Gasteiger partial charge in [0.2, 0.25) is 0 Å². The highest BCUT2D eigenvalue weighted by atomic mass is 32.2. The third-order valence-corrected chi connectivity index (χ3v) is 3.89. The van der Waals surface area contributed by atoms with Gasteiger partial charge in [0.25, 0.3) is 0 Å². The predicted molar refractivity (Wildman–Crippen MR) is 80.5 cm³/mol. The molecule has 0 spiro atoms. The number of hydrogen-bond donors (Lipinski definition) is 1. The van der Waals surface area contributed by atoms with E-state index in [0.717, 1.165) is 0 Å². The fourth-order valence-electron chi connectivity index (χ4n) is 1.92. The third kappa shape index (κ3) is 3.43. The number of Topliss-reactive ketones (excluding diaryl/α,β-unsaturated/α-hetero) is 1. The van der Waals surface area contributed by atoms with Crippen LogP contribution in [-0.2, 0) is 0 Å². The van der Waals surface area contributed by atoms with E-state index in [1.54, 1.807) is 42.7 Å². The van der Waals surface area contributed by atoms with Crippen LogP contribution in [0.2, 0.25) is 0 Å². The number of ketones is 1. The molecule has 0 aromatic heterocycles. The normalized spacial score (nSPS) is 12.0. The first kappa shape index (κ1) is 15.5. The van der Waals surface area contributed by atoms with Gasteiger partial charge in [-0.25, -0.2) is 4.39 Å². The number of rotatable bonds is 5. The minimum absolute atomic E-state index is 0.242. The topological polar surface area (TPSA) is 46.5 Å². The lowest BCUT2D eigenvalue weighted by Crippen LogP contribution is -2.12. The standard InChI is InChI=1S/C16H15FO3S/c1-20-12-6-3-10(4-7-12)15(18)16(19)11-5-8-14(21-2)13(17)9-11/h3-9,16,19H,1-2H3. The van der Waals surface area contributed by atoms with Crippen LogP contribution in [0.4, 0.5) is 4.39 Å². The smallest absolute Gasteiger partial charge is 0.195 e. The van der Waals surface area contributed by atoms with E-state index in [2.05, 4.69) is 0 Å². The maximum atomic E-state index is 13.7. The second kappa shape index (κ2) is 6.74. The number of carbonyl (C=O) groups excluding carboxylic acids is 1. The lowest BCUT2D eigenvalue weighted by Gasteiger charge is -2.11. The first-order valence-corrected chi connectivity index (χ1v) is 7.49. The molecule has 0 bridgehead atoms. The quantitative estimate of drug-likeness (QED) is 0.678. The van der Waals surface area contributed by atoms with Gasteiger partial charge in [-0.3, -0.25) is 4.79 Å². The Hall–Kier alpha value is -1.85. The fourth-order valence-corrected chi connectivity index (χ4v) is 2.38. The summed E-state index contributed by atoms with van der Waals surface area (Å²) in [6.07, 6.45) is 0.376. The van der Waals surface area contributed by atoms with Crippen molar-refractivity contribution < 1.29 is 19.0 Å². The van der Waals surface area contributed by atoms with E-state index in [4.69, 9.17) is 4.74 Å². The number of ether oxygens (including phenoxy) is 1. The van der Waals surface area contributed by atoms with Crippen LogP contribution >= 0.6 is 11.8 Å². The highest BCUT2D eigenvalue weighted by Gasteiger charge is 2.20. The van der Waals surface area contributed by atoms with E-state index in [1.807, 2.05) is 0 Å². The molecule has 0 heterocycles. The van der Waals surface area contributed by atoms with Crippen molar-refractivity contribution in [2.75, 3.05) is 13.4 Å². The molecule has 1 unspecified atom stereocenters. The van der Waals surface area contributed by atoms with Gasteiger partial charge in [-0.05, 0) is 48.2 Å². The van der Waals surface area contributed by atoms with Gasteiger partial charge >= 0.3 is 0 Å². The van der Waals surface area contributed by atoms with Crippen molar-refractivity contribution in [3.63, 3.8) is 0 Å². The van der Waals surface area contributed by atoms with E-state index in [1.165, 1.54) is 24.9 Å². The van der Waals surface area contributed by atoms with Crippen LogP contribution in [-0.4, -0.2) is 24.3 Å². The van der Waals surface area contributed by atoms with Gasteiger partial charge in [-0.2, -0.15) is 0 Å². The van der Waals surface area contributed by atoms with E-state index in [0.29, 0.717) is 16.2 Å². The van der Waals surface area contributed by atoms with Gasteiger partial charge in [0.15, 0.2) is 5.78 Å². The summed E-state index contributed by atoms with van der Waals surface area (Å²) in [5.41, 5.74) is 0.587. The summed E-state index contributed by atoms with van der Waals surface area (Å²) in [6, 6.07) is 10.7. The fraction of sp³-hybridized carbons (Fsp3) is 0.188. The molecule has 0 amide bonds. The van der Waals surface area contributed by atoms with Crippen LogP contribution in [0.3, 0.4) is 0 Å². The number of benzene rings is 2. The SMILES string of the molecule is COc1ccc(C(=O)C(O)c2ccc(SC)c(F)c2)cc1. The largest absolute Gasteiger partial charge is 0.497 e. The number of aliphatic hydroxyl groups is 1. The molecule has 0 aliphatic heterocycles. The number of halogens is 1. The molecule has 2 rings (SSSR count). The van der Waals surface area contributed by atoms with Crippen LogP contribution < -0.4 is 4.74 Å². The molecule has 1 N–H and O–H groups in total. The number of aliphatic hydroxyl groups excluding tert-OH is 1. The van der Waals surface area contributed by atoms with Crippen molar-refractivity contribution in [2.45, 2.75) is 11.0 Å². The molecule has 110 valence electrons. The number of hydrogen-bond acceptors (Lipinski definition) is 4. The van der Waals surface area contributed by atoms with Gasteiger partial charge in [0, 0.05) is 10.5 Å². The van der Waals surface area contributed by atoms with Crippen LogP contribution in [0.15, 0.2) is 47.4 Å². The molecule has 0 fully saturated rings. The number of thioether (sulfide) groups is 1. The molecule has 0 radical (unpaired) electrons. The molecule has 2 aromatic carbocycles. The molecule has 5 heteroatoms. The summed E-state index contributed by atoms with van der Waals surface area (Å²) >= 11 is 1.27. The highest BCUT2D eigenvalue weighted by Crippen LogP contribution is 2.25. The van der Waals surface area contributed by atoms with E-state index in [-0.39, 0.29) is 5.56 Å². The lowest BCUT2D eigenvalue weighted by molar-refractivity contribution is 0.0747. The van der Waals surface area contributed by atoms with Gasteiger partial charge in [0.05, 0.1) is 7.11 Å². The summed E-state index contributed by atoms with van der Waals surface area (Å²) in [5, 5.41) is 10.1. The van der Waals surface area contributed by atoms with Gasteiger partial charge in [0.1, 0.15) is 17.7 Å². The zero-order valence-corrected chi connectivity index (χ0v) is 12.5. The van der Waals surface area contributed by atoms with E-state index in [9.17, 15) is 14.3 Å². The van der Waals surface area contributed by atoms with Crippen LogP contribution in [0.5, 0.6) is 5.75 Å². The molecule has 21 heavy (non-hydrogen) atoms. The Morgan fingerprint density at radius 3 is 2.43 bits per heavy atom. The van der Waals surface area contributed by atoms with Gasteiger partial charge in [-0.1, -0.05) is 6.07 Å². The molecule has 0 aliphatic rings. The lowest BCUT2D eigenvalue weighted by atomic mass is 10.00. The Labute approximate surface area is 126 Å². The van der Waals surface area contributed by atoms with Crippen molar-refractivity contribution in [2.24, 2.45) is 0 Å². The summed E-state index contributed by atoms with van der Waals surface area (Å²) in [7, 11) is 1.53. The third-order valence-electron chi connectivity index (χ3n) is 3.11. The summed E-state index contributed by atoms with van der Waals surface area (Å²) in [5.74, 6) is -0.299. The molecule has 2 aromatic rings. The van der Waals surface area contributed by atoms with Crippen molar-refractivity contribution in [3.05, 3.63) is 59.4 Å². The minimum Gasteiger partial charge on any atom is -0.497 e. The van der Waals surface area contributed by atoms with Crippen LogP contribution in [0.1, 0.15) is 22.0 Å². The summed E-state index contributed by atoms with van der Waals surface area (Å²) < 4.78 is 18.7. The van der Waals surface area contributed by atoms with Gasteiger partial charge in [-0.15, -0.1) is 11.8 Å². The second-order valence-corrected chi connectivity index (χ2v) is 5.24. The molecule has 0 aliphatic carbocycles. The first-order valence-electron chi connectivity index (χ1n) is 6.26. The van der Waals surface area contributed by atoms with Gasteiger partial charge < -0.3 is 9.84 Å². The van der Waals surface area contributed by atoms with Crippen LogP contribution in [0.25, 0.3) is 0 Å². The van der Waals surface area contributed by atoms with Crippen molar-refractivity contribution in [1.29, 1.82) is 0 Å². The maximum Gasteiger partial charge on any atom is 0.195 e. The summed E-state index contributed by atoms with van der Waals surface area (Å²) in [4.78, 5) is 12.7. The Morgan fingerprint density at radius 1 is 1.24 bits per heavy atom.